The summed E-state index contributed by atoms with van der Waals surface area (Å²) in [5, 5.41) is 2.87. The van der Waals surface area contributed by atoms with Crippen molar-refractivity contribution >= 4 is 17.5 Å². The molecule has 0 aromatic heterocycles. The summed E-state index contributed by atoms with van der Waals surface area (Å²) in [7, 11) is 0. The van der Waals surface area contributed by atoms with E-state index in [1.165, 1.54) is 19.3 Å². The summed E-state index contributed by atoms with van der Waals surface area (Å²) in [4.78, 5) is 27.0. The number of fused-ring (bicyclic) bond motifs is 1. The van der Waals surface area contributed by atoms with Gasteiger partial charge in [-0.2, -0.15) is 0 Å². The van der Waals surface area contributed by atoms with Crippen molar-refractivity contribution in [2.75, 3.05) is 11.9 Å². The van der Waals surface area contributed by atoms with Crippen molar-refractivity contribution in [3.63, 3.8) is 0 Å². The fourth-order valence-corrected chi connectivity index (χ4v) is 3.82. The summed E-state index contributed by atoms with van der Waals surface area (Å²) in [6.45, 7) is 2.77. The van der Waals surface area contributed by atoms with Gasteiger partial charge < -0.3 is 10.2 Å². The first kappa shape index (κ1) is 15.1. The van der Waals surface area contributed by atoms with E-state index in [0.717, 1.165) is 30.6 Å². The molecule has 1 heterocycles. The Labute approximate surface area is 131 Å². The van der Waals surface area contributed by atoms with Crippen molar-refractivity contribution in [1.82, 2.24) is 4.90 Å². The van der Waals surface area contributed by atoms with Crippen molar-refractivity contribution in [1.29, 1.82) is 0 Å². The first-order valence-corrected chi connectivity index (χ1v) is 8.40. The maximum absolute atomic E-state index is 13.1. The van der Waals surface area contributed by atoms with Crippen LogP contribution in [0.4, 0.5) is 5.69 Å². The molecule has 1 atom stereocenters. The zero-order valence-corrected chi connectivity index (χ0v) is 13.2. The Morgan fingerprint density at radius 2 is 1.95 bits per heavy atom. The fraction of sp³-hybridized carbons (Fsp3) is 0.556. The van der Waals surface area contributed by atoms with Crippen LogP contribution in [0.15, 0.2) is 24.3 Å². The molecule has 1 aliphatic heterocycles. The number of hydrogen-bond acceptors (Lipinski definition) is 2. The van der Waals surface area contributed by atoms with Gasteiger partial charge in [0.05, 0.1) is 5.92 Å². The van der Waals surface area contributed by atoms with E-state index in [0.29, 0.717) is 6.04 Å². The van der Waals surface area contributed by atoms with Crippen LogP contribution in [0.2, 0.25) is 0 Å². The van der Waals surface area contributed by atoms with E-state index in [4.69, 9.17) is 0 Å². The SMILES string of the molecule is CCN(C(=O)C1CC(=O)Nc2ccccc21)C1CCCCC1. The topological polar surface area (TPSA) is 49.4 Å². The zero-order chi connectivity index (χ0) is 15.5. The summed E-state index contributed by atoms with van der Waals surface area (Å²) in [5.74, 6) is -0.264. The molecule has 1 fully saturated rings. The molecule has 2 aliphatic rings. The number of nitrogens with one attached hydrogen (secondary N) is 1. The lowest BCUT2D eigenvalue weighted by Gasteiger charge is -2.37. The van der Waals surface area contributed by atoms with E-state index in [-0.39, 0.29) is 24.2 Å². The Hall–Kier alpha value is -1.84. The molecule has 3 rings (SSSR count). The molecule has 2 amide bonds. The number of carbonyl (C=O) groups excluding carboxylic acids is 2. The fourth-order valence-electron chi connectivity index (χ4n) is 3.82. The van der Waals surface area contributed by atoms with Crippen molar-refractivity contribution in [2.45, 2.75) is 57.4 Å². The van der Waals surface area contributed by atoms with Gasteiger partial charge in [-0.15, -0.1) is 0 Å². The molecular formula is C18H24N2O2. The second kappa shape index (κ2) is 6.51. The molecule has 22 heavy (non-hydrogen) atoms. The van der Waals surface area contributed by atoms with Gasteiger partial charge in [-0.3, -0.25) is 9.59 Å². The molecule has 0 spiro atoms. The maximum atomic E-state index is 13.1. The molecule has 1 aromatic carbocycles. The summed E-state index contributed by atoms with van der Waals surface area (Å²) in [6.07, 6.45) is 6.14. The quantitative estimate of drug-likeness (QED) is 0.931. The number of amides is 2. The third kappa shape index (κ3) is 2.87. The van der Waals surface area contributed by atoms with Gasteiger partial charge in [-0.1, -0.05) is 37.5 Å². The van der Waals surface area contributed by atoms with Gasteiger partial charge >= 0.3 is 0 Å². The third-order valence-corrected chi connectivity index (χ3v) is 4.94. The molecule has 118 valence electrons. The van der Waals surface area contributed by atoms with Crippen LogP contribution in [0, 0.1) is 0 Å². The standard InChI is InChI=1S/C18H24N2O2/c1-2-20(13-8-4-3-5-9-13)18(22)15-12-17(21)19-16-11-7-6-10-14(15)16/h6-7,10-11,13,15H,2-5,8-9,12H2,1H3,(H,19,21). The lowest BCUT2D eigenvalue weighted by molar-refractivity contribution is -0.137. The van der Waals surface area contributed by atoms with E-state index in [9.17, 15) is 9.59 Å². The van der Waals surface area contributed by atoms with E-state index in [2.05, 4.69) is 5.32 Å². The predicted molar refractivity (Wildman–Crippen MR) is 86.7 cm³/mol. The number of rotatable bonds is 3. The third-order valence-electron chi connectivity index (χ3n) is 4.94. The number of nitrogens with zero attached hydrogens (tertiary/aromatic N) is 1. The maximum Gasteiger partial charge on any atom is 0.230 e. The highest BCUT2D eigenvalue weighted by molar-refractivity contribution is 6.01. The Balaban J connectivity index is 1.85. The number of para-hydroxylation sites is 1. The van der Waals surface area contributed by atoms with E-state index in [1.54, 1.807) is 0 Å². The van der Waals surface area contributed by atoms with Crippen LogP contribution >= 0.6 is 0 Å². The number of anilines is 1. The summed E-state index contributed by atoms with van der Waals surface area (Å²) in [6, 6.07) is 8.02. The Morgan fingerprint density at radius 1 is 1.23 bits per heavy atom. The summed E-state index contributed by atoms with van der Waals surface area (Å²) >= 11 is 0. The Morgan fingerprint density at radius 3 is 2.68 bits per heavy atom. The van der Waals surface area contributed by atoms with Gasteiger partial charge in [0.25, 0.3) is 0 Å². The molecule has 1 N–H and O–H groups in total. The normalized spacial score (nSPS) is 21.9. The Bertz CT molecular complexity index is 564. The highest BCUT2D eigenvalue weighted by atomic mass is 16.2. The highest BCUT2D eigenvalue weighted by Gasteiger charge is 2.35. The van der Waals surface area contributed by atoms with Crippen molar-refractivity contribution < 1.29 is 9.59 Å². The van der Waals surface area contributed by atoms with Crippen LogP contribution in [0.25, 0.3) is 0 Å². The molecule has 0 saturated heterocycles. The number of likely N-dealkylation sites (N-methyl/N-ethyl adjacent to an activating group) is 1. The van der Waals surface area contributed by atoms with Crippen LogP contribution in [0.1, 0.15) is 56.9 Å². The van der Waals surface area contributed by atoms with Crippen LogP contribution in [-0.2, 0) is 9.59 Å². The second-order valence-corrected chi connectivity index (χ2v) is 6.31. The summed E-state index contributed by atoms with van der Waals surface area (Å²) < 4.78 is 0. The van der Waals surface area contributed by atoms with E-state index >= 15 is 0 Å². The number of hydrogen-bond donors (Lipinski definition) is 1. The van der Waals surface area contributed by atoms with Gasteiger partial charge in [-0.25, -0.2) is 0 Å². The molecule has 4 nitrogen and oxygen atoms in total. The smallest absolute Gasteiger partial charge is 0.230 e. The van der Waals surface area contributed by atoms with Gasteiger partial charge in [0.2, 0.25) is 11.8 Å². The first-order valence-electron chi connectivity index (χ1n) is 8.40. The van der Waals surface area contributed by atoms with Crippen molar-refractivity contribution in [2.24, 2.45) is 0 Å². The van der Waals surface area contributed by atoms with Gasteiger partial charge in [0.15, 0.2) is 0 Å². The van der Waals surface area contributed by atoms with Crippen molar-refractivity contribution in [3.8, 4) is 0 Å². The minimum absolute atomic E-state index is 0.0586. The molecule has 1 unspecified atom stereocenters. The molecular weight excluding hydrogens is 276 g/mol. The Kier molecular flexibility index (Phi) is 4.46. The molecule has 1 aromatic rings. The second-order valence-electron chi connectivity index (χ2n) is 6.31. The summed E-state index contributed by atoms with van der Waals surface area (Å²) in [5.41, 5.74) is 1.75. The van der Waals surface area contributed by atoms with Crippen LogP contribution in [0.5, 0.6) is 0 Å². The number of carbonyl (C=O) groups is 2. The monoisotopic (exact) mass is 300 g/mol. The van der Waals surface area contributed by atoms with Gasteiger partial charge in [-0.05, 0) is 31.4 Å². The predicted octanol–water partition coefficient (Wildman–Crippen LogP) is 3.29. The van der Waals surface area contributed by atoms with Crippen LogP contribution in [-0.4, -0.2) is 29.3 Å². The molecule has 0 radical (unpaired) electrons. The van der Waals surface area contributed by atoms with E-state index in [1.807, 2.05) is 36.1 Å². The average molecular weight is 300 g/mol. The minimum Gasteiger partial charge on any atom is -0.339 e. The lowest BCUT2D eigenvalue weighted by Crippen LogP contribution is -2.45. The molecule has 0 bridgehead atoms. The van der Waals surface area contributed by atoms with Gasteiger partial charge in [0, 0.05) is 24.7 Å². The molecule has 1 aliphatic carbocycles. The van der Waals surface area contributed by atoms with E-state index < -0.39 is 0 Å². The van der Waals surface area contributed by atoms with Gasteiger partial charge in [0.1, 0.15) is 0 Å². The highest BCUT2D eigenvalue weighted by Crippen LogP contribution is 2.35. The number of benzene rings is 1. The zero-order valence-electron chi connectivity index (χ0n) is 13.2. The van der Waals surface area contributed by atoms with Crippen molar-refractivity contribution in [3.05, 3.63) is 29.8 Å². The minimum atomic E-state index is -0.327. The van der Waals surface area contributed by atoms with Crippen LogP contribution in [0.3, 0.4) is 0 Å². The average Bonchev–Trinajstić information content (AvgIpc) is 2.55. The lowest BCUT2D eigenvalue weighted by atomic mass is 9.87. The van der Waals surface area contributed by atoms with Crippen LogP contribution < -0.4 is 5.32 Å². The molecule has 4 heteroatoms. The first-order chi connectivity index (χ1) is 10.7. The molecule has 1 saturated carbocycles. The largest absolute Gasteiger partial charge is 0.339 e.